The number of hydrogen-bond donors (Lipinski definition) is 0. The molecule has 0 atom stereocenters. The maximum atomic E-state index is 6.55. The van der Waals surface area contributed by atoms with Gasteiger partial charge in [-0.3, -0.25) is 4.57 Å². The van der Waals surface area contributed by atoms with Gasteiger partial charge >= 0.3 is 0 Å². The third-order valence-electron chi connectivity index (χ3n) is 12.7. The van der Waals surface area contributed by atoms with Crippen molar-refractivity contribution >= 4 is 76.5 Å². The third kappa shape index (κ3) is 4.63. The molecule has 0 saturated carbocycles. The van der Waals surface area contributed by atoms with E-state index in [4.69, 9.17) is 19.1 Å². The second kappa shape index (κ2) is 12.5. The fourth-order valence-corrected chi connectivity index (χ4v) is 10.0. The Bertz CT molecular complexity index is 4010. The van der Waals surface area contributed by atoms with Crippen LogP contribution < -0.4 is 4.74 Å². The van der Waals surface area contributed by atoms with Gasteiger partial charge in [-0.15, -0.1) is 0 Å². The van der Waals surface area contributed by atoms with Crippen molar-refractivity contribution in [3.8, 4) is 56.6 Å². The van der Waals surface area contributed by atoms with Gasteiger partial charge in [0.05, 0.1) is 22.1 Å². The van der Waals surface area contributed by atoms with Crippen molar-refractivity contribution in [3.05, 3.63) is 194 Å². The van der Waals surface area contributed by atoms with Gasteiger partial charge < -0.3 is 13.7 Å². The molecule has 0 bridgehead atoms. The lowest BCUT2D eigenvalue weighted by atomic mass is 9.91. The van der Waals surface area contributed by atoms with Crippen molar-refractivity contribution in [1.82, 2.24) is 19.1 Å². The maximum absolute atomic E-state index is 6.55. The molecule has 0 unspecified atom stereocenters. The van der Waals surface area contributed by atoms with Crippen LogP contribution in [0.3, 0.4) is 0 Å². The molecular formula is C56H32N4O2. The Hall–Kier alpha value is -8.48. The van der Waals surface area contributed by atoms with Crippen molar-refractivity contribution in [2.45, 2.75) is 0 Å². The van der Waals surface area contributed by atoms with E-state index in [0.717, 1.165) is 99.8 Å². The summed E-state index contributed by atoms with van der Waals surface area (Å²) in [5.74, 6) is 2.37. The summed E-state index contributed by atoms with van der Waals surface area (Å²) in [5.41, 5.74) is 14.1. The molecule has 0 aliphatic carbocycles. The average Bonchev–Trinajstić information content (AvgIpc) is 3.99. The largest absolute Gasteiger partial charge is 0.456 e. The molecule has 14 rings (SSSR count). The van der Waals surface area contributed by atoms with Crippen molar-refractivity contribution in [3.63, 3.8) is 0 Å². The smallest absolute Gasteiger partial charge is 0.236 e. The molecular weight excluding hydrogens is 761 g/mol. The first-order valence-corrected chi connectivity index (χ1v) is 20.9. The predicted octanol–water partition coefficient (Wildman–Crippen LogP) is 14.8. The maximum Gasteiger partial charge on any atom is 0.236 e. The third-order valence-corrected chi connectivity index (χ3v) is 12.7. The molecule has 0 N–H and O–H groups in total. The molecule has 0 amide bonds. The van der Waals surface area contributed by atoms with Gasteiger partial charge in [0.2, 0.25) is 5.95 Å². The van der Waals surface area contributed by atoms with Gasteiger partial charge in [0.1, 0.15) is 28.3 Å². The first kappa shape index (κ1) is 33.4. The Kier molecular flexibility index (Phi) is 6.74. The van der Waals surface area contributed by atoms with Crippen LogP contribution in [0.15, 0.2) is 199 Å². The molecule has 0 fully saturated rings. The van der Waals surface area contributed by atoms with Gasteiger partial charge in [0.25, 0.3) is 0 Å². The van der Waals surface area contributed by atoms with E-state index in [1.54, 1.807) is 0 Å². The molecule has 1 aliphatic heterocycles. The van der Waals surface area contributed by atoms with Crippen LogP contribution in [0.25, 0.3) is 122 Å². The minimum absolute atomic E-state index is 0.599. The number of nitrogens with zero attached hydrogens (tertiary/aromatic N) is 4. The zero-order chi connectivity index (χ0) is 40.5. The summed E-state index contributed by atoms with van der Waals surface area (Å²) in [6.07, 6.45) is 0. The average molecular weight is 793 g/mol. The van der Waals surface area contributed by atoms with Crippen molar-refractivity contribution < 1.29 is 9.15 Å². The molecule has 6 heteroatoms. The normalized spacial score (nSPS) is 12.3. The molecule has 0 spiro atoms. The monoisotopic (exact) mass is 792 g/mol. The van der Waals surface area contributed by atoms with Gasteiger partial charge in [-0.2, -0.15) is 0 Å². The highest BCUT2D eigenvalue weighted by molar-refractivity contribution is 6.26. The second-order valence-electron chi connectivity index (χ2n) is 16.1. The Morgan fingerprint density at radius 3 is 1.90 bits per heavy atom. The van der Waals surface area contributed by atoms with E-state index in [2.05, 4.69) is 161 Å². The minimum Gasteiger partial charge on any atom is -0.456 e. The van der Waals surface area contributed by atoms with E-state index in [1.165, 1.54) is 21.7 Å². The molecule has 6 nitrogen and oxygen atoms in total. The highest BCUT2D eigenvalue weighted by Crippen LogP contribution is 2.51. The molecule has 0 radical (unpaired) electrons. The van der Waals surface area contributed by atoms with Crippen LogP contribution in [0.5, 0.6) is 11.5 Å². The number of hydrogen-bond acceptors (Lipinski definition) is 4. The van der Waals surface area contributed by atoms with E-state index < -0.39 is 0 Å². The first-order valence-electron chi connectivity index (χ1n) is 20.9. The van der Waals surface area contributed by atoms with Crippen LogP contribution in [0, 0.1) is 0 Å². The van der Waals surface area contributed by atoms with Crippen LogP contribution in [-0.2, 0) is 0 Å². The minimum atomic E-state index is 0.599. The summed E-state index contributed by atoms with van der Waals surface area (Å²) >= 11 is 0. The van der Waals surface area contributed by atoms with Crippen molar-refractivity contribution in [1.29, 1.82) is 0 Å². The summed E-state index contributed by atoms with van der Waals surface area (Å²) in [5, 5.41) is 7.94. The Morgan fingerprint density at radius 2 is 1.05 bits per heavy atom. The quantitative estimate of drug-likeness (QED) is 0.178. The summed E-state index contributed by atoms with van der Waals surface area (Å²) in [4.78, 5) is 10.6. The Labute approximate surface area is 354 Å². The van der Waals surface area contributed by atoms with Crippen LogP contribution in [-0.4, -0.2) is 19.1 Å². The fourth-order valence-electron chi connectivity index (χ4n) is 10.0. The number of aromatic nitrogens is 4. The topological polar surface area (TPSA) is 58.0 Å². The lowest BCUT2D eigenvalue weighted by Gasteiger charge is -2.22. The van der Waals surface area contributed by atoms with Crippen LogP contribution >= 0.6 is 0 Å². The van der Waals surface area contributed by atoms with E-state index in [9.17, 15) is 0 Å². The van der Waals surface area contributed by atoms with Crippen LogP contribution in [0.4, 0.5) is 0 Å². The summed E-state index contributed by atoms with van der Waals surface area (Å²) in [6.45, 7) is 0. The first-order chi connectivity index (χ1) is 30.7. The van der Waals surface area contributed by atoms with E-state index in [0.29, 0.717) is 11.5 Å². The van der Waals surface area contributed by atoms with Crippen molar-refractivity contribution in [2.24, 2.45) is 0 Å². The van der Waals surface area contributed by atoms with Crippen LogP contribution in [0.2, 0.25) is 0 Å². The highest BCUT2D eigenvalue weighted by atomic mass is 16.5. The SMILES string of the molecule is c1ccc(-c2nc(-n3c4ccccc4c4cc(-c5ccc6c(c5)c5c7cccc8c7c(cc5n6-c5ccccc5)-c5ccccc5O8)ccc43)nc3c2oc2ccccc23)cc1. The summed E-state index contributed by atoms with van der Waals surface area (Å²) in [6, 6.07) is 68.5. The molecule has 13 aromatic rings. The Morgan fingerprint density at radius 1 is 0.387 bits per heavy atom. The van der Waals surface area contributed by atoms with Gasteiger partial charge in [-0.25, -0.2) is 9.97 Å². The number of benzene rings is 9. The zero-order valence-electron chi connectivity index (χ0n) is 33.1. The lowest BCUT2D eigenvalue weighted by molar-refractivity contribution is 0.487. The van der Waals surface area contributed by atoms with Crippen molar-refractivity contribution in [2.75, 3.05) is 0 Å². The Balaban J connectivity index is 1.01. The molecule has 5 heterocycles. The van der Waals surface area contributed by atoms with E-state index in [1.807, 2.05) is 42.5 Å². The second-order valence-corrected chi connectivity index (χ2v) is 16.1. The highest BCUT2D eigenvalue weighted by Gasteiger charge is 2.26. The molecule has 288 valence electrons. The number of fused-ring (bicyclic) bond motifs is 12. The van der Waals surface area contributed by atoms with Gasteiger partial charge in [-0.05, 0) is 94.9 Å². The number of rotatable bonds is 4. The molecule has 4 aromatic heterocycles. The van der Waals surface area contributed by atoms with E-state index in [-0.39, 0.29) is 0 Å². The number of para-hydroxylation sites is 4. The molecule has 9 aromatic carbocycles. The van der Waals surface area contributed by atoms with E-state index >= 15 is 0 Å². The summed E-state index contributed by atoms with van der Waals surface area (Å²) < 4.78 is 17.6. The van der Waals surface area contributed by atoms with Gasteiger partial charge in [-0.1, -0.05) is 121 Å². The molecule has 1 aliphatic rings. The standard InChI is InChI=1S/C56H32N4O2/c1-3-14-33(15-4-1)53-55-54(39-20-9-12-24-49(39)62-55)58-56(57-53)60-44-22-10-7-18-37(44)41-30-34(26-28-45(41)60)35-27-29-46-43(31-35)51-40-21-13-25-50-52(40)42(38-19-8-11-23-48(38)61-50)32-47(51)59(46)36-16-5-2-6-17-36/h1-32H. The zero-order valence-corrected chi connectivity index (χ0v) is 33.1. The van der Waals surface area contributed by atoms with Gasteiger partial charge in [0, 0.05) is 49.1 Å². The predicted molar refractivity (Wildman–Crippen MR) is 252 cm³/mol. The lowest BCUT2D eigenvalue weighted by Crippen LogP contribution is -2.02. The van der Waals surface area contributed by atoms with Crippen LogP contribution in [0.1, 0.15) is 0 Å². The van der Waals surface area contributed by atoms with Gasteiger partial charge in [0.15, 0.2) is 5.58 Å². The molecule has 62 heavy (non-hydrogen) atoms. The molecule has 0 saturated heterocycles. The summed E-state index contributed by atoms with van der Waals surface area (Å²) in [7, 11) is 0. The fraction of sp³-hybridized carbons (Fsp3) is 0. The number of furan rings is 1. The number of ether oxygens (including phenoxy) is 1.